The van der Waals surface area contributed by atoms with Gasteiger partial charge in [0.15, 0.2) is 6.29 Å². The molecule has 0 aliphatic carbocycles. The summed E-state index contributed by atoms with van der Waals surface area (Å²) in [7, 11) is 1.47. The molecule has 0 saturated carbocycles. The van der Waals surface area contributed by atoms with Crippen molar-refractivity contribution < 1.29 is 14.6 Å². The fourth-order valence-corrected chi connectivity index (χ4v) is 2.09. The van der Waals surface area contributed by atoms with Crippen LogP contribution in [0.2, 0.25) is 0 Å². The summed E-state index contributed by atoms with van der Waals surface area (Å²) >= 11 is 0. The topological polar surface area (TPSA) is 49.8 Å². The van der Waals surface area contributed by atoms with Crippen molar-refractivity contribution in [2.24, 2.45) is 5.92 Å². The van der Waals surface area contributed by atoms with Crippen LogP contribution in [0.1, 0.15) is 52.9 Å². The Hall–Kier alpha value is -0.450. The van der Waals surface area contributed by atoms with Crippen molar-refractivity contribution in [1.29, 1.82) is 0 Å². The summed E-state index contributed by atoms with van der Waals surface area (Å²) < 4.78 is 4.84. The van der Waals surface area contributed by atoms with Crippen molar-refractivity contribution in [3.05, 3.63) is 0 Å². The first-order valence-corrected chi connectivity index (χ1v) is 7.38. The number of aliphatic hydroxyl groups is 1. The lowest BCUT2D eigenvalue weighted by Gasteiger charge is -2.23. The summed E-state index contributed by atoms with van der Waals surface area (Å²) in [5.41, 5.74) is 0. The van der Waals surface area contributed by atoms with E-state index in [2.05, 4.69) is 13.8 Å². The molecule has 0 radical (unpaired) electrons. The SMILES string of the molecule is COC(O)CN(CCCCCCC(C)C)CC(C)=O. The van der Waals surface area contributed by atoms with Gasteiger partial charge >= 0.3 is 0 Å². The number of nitrogens with zero attached hydrogens (tertiary/aromatic N) is 1. The molecule has 0 aromatic carbocycles. The average Bonchev–Trinajstić information content (AvgIpc) is 2.32. The van der Waals surface area contributed by atoms with E-state index in [0.717, 1.165) is 18.9 Å². The van der Waals surface area contributed by atoms with E-state index >= 15 is 0 Å². The zero-order chi connectivity index (χ0) is 14.7. The summed E-state index contributed by atoms with van der Waals surface area (Å²) in [6, 6.07) is 0. The van der Waals surface area contributed by atoms with E-state index in [4.69, 9.17) is 4.74 Å². The lowest BCUT2D eigenvalue weighted by atomic mass is 10.0. The first-order chi connectivity index (χ1) is 8.95. The zero-order valence-corrected chi connectivity index (χ0v) is 13.0. The summed E-state index contributed by atoms with van der Waals surface area (Å²) in [5.74, 6) is 0.911. The van der Waals surface area contributed by atoms with Gasteiger partial charge in [-0.1, -0.05) is 39.5 Å². The molecule has 4 nitrogen and oxygen atoms in total. The second kappa shape index (κ2) is 11.4. The van der Waals surface area contributed by atoms with Gasteiger partial charge in [0, 0.05) is 13.7 Å². The smallest absolute Gasteiger partial charge is 0.166 e. The molecular weight excluding hydrogens is 242 g/mol. The highest BCUT2D eigenvalue weighted by Gasteiger charge is 2.12. The van der Waals surface area contributed by atoms with Gasteiger partial charge in [0.25, 0.3) is 0 Å². The van der Waals surface area contributed by atoms with Gasteiger partial charge in [-0.2, -0.15) is 0 Å². The van der Waals surface area contributed by atoms with E-state index < -0.39 is 6.29 Å². The molecule has 0 aliphatic rings. The van der Waals surface area contributed by atoms with Crippen molar-refractivity contribution >= 4 is 5.78 Å². The van der Waals surface area contributed by atoms with Crippen molar-refractivity contribution in [2.75, 3.05) is 26.7 Å². The van der Waals surface area contributed by atoms with Crippen LogP contribution < -0.4 is 0 Å². The summed E-state index contributed by atoms with van der Waals surface area (Å²) in [4.78, 5) is 13.1. The van der Waals surface area contributed by atoms with Crippen LogP contribution in [0.3, 0.4) is 0 Å². The number of ketones is 1. The Balaban J connectivity index is 3.76. The van der Waals surface area contributed by atoms with Gasteiger partial charge in [-0.05, 0) is 25.8 Å². The van der Waals surface area contributed by atoms with Crippen LogP contribution in [0.4, 0.5) is 0 Å². The van der Waals surface area contributed by atoms with Crippen molar-refractivity contribution in [2.45, 2.75) is 59.2 Å². The molecule has 0 aliphatic heterocycles. The van der Waals surface area contributed by atoms with Crippen LogP contribution in [0.5, 0.6) is 0 Å². The fourth-order valence-electron chi connectivity index (χ4n) is 2.09. The lowest BCUT2D eigenvalue weighted by molar-refractivity contribution is -0.121. The number of carbonyl (C=O) groups is 1. The molecule has 4 heteroatoms. The number of unbranched alkanes of at least 4 members (excludes halogenated alkanes) is 3. The van der Waals surface area contributed by atoms with E-state index in [1.54, 1.807) is 6.92 Å². The Labute approximate surface area is 118 Å². The summed E-state index contributed by atoms with van der Waals surface area (Å²) in [5, 5.41) is 9.47. The Morgan fingerprint density at radius 2 is 1.84 bits per heavy atom. The Morgan fingerprint density at radius 3 is 2.37 bits per heavy atom. The molecule has 0 aromatic rings. The van der Waals surface area contributed by atoms with Gasteiger partial charge in [0.2, 0.25) is 0 Å². The highest BCUT2D eigenvalue weighted by molar-refractivity contribution is 5.77. The van der Waals surface area contributed by atoms with Gasteiger partial charge in [0.05, 0.1) is 6.54 Å². The molecule has 0 spiro atoms. The minimum atomic E-state index is -0.805. The highest BCUT2D eigenvalue weighted by atomic mass is 16.6. The standard InChI is InChI=1S/C15H31NO3/c1-13(2)9-7-5-6-8-10-16(11-14(3)17)12-15(18)19-4/h13,15,18H,5-12H2,1-4H3. The van der Waals surface area contributed by atoms with Gasteiger partial charge in [-0.25, -0.2) is 0 Å². The molecule has 1 N–H and O–H groups in total. The normalized spacial score (nSPS) is 13.2. The highest BCUT2D eigenvalue weighted by Crippen LogP contribution is 2.10. The Kier molecular flexibility index (Phi) is 11.1. The van der Waals surface area contributed by atoms with Gasteiger partial charge in [0.1, 0.15) is 5.78 Å². The monoisotopic (exact) mass is 273 g/mol. The molecule has 0 heterocycles. The summed E-state index contributed by atoms with van der Waals surface area (Å²) in [6.45, 7) is 7.73. The third-order valence-corrected chi connectivity index (χ3v) is 3.14. The van der Waals surface area contributed by atoms with Gasteiger partial charge in [-0.3, -0.25) is 9.69 Å². The molecule has 0 saturated heterocycles. The maximum atomic E-state index is 11.2. The molecule has 0 aromatic heterocycles. The quantitative estimate of drug-likeness (QED) is 0.438. The van der Waals surface area contributed by atoms with E-state index in [-0.39, 0.29) is 5.78 Å². The van der Waals surface area contributed by atoms with Crippen LogP contribution in [-0.2, 0) is 9.53 Å². The van der Waals surface area contributed by atoms with Crippen molar-refractivity contribution in [3.63, 3.8) is 0 Å². The number of hydrogen-bond donors (Lipinski definition) is 1. The molecule has 1 atom stereocenters. The van der Waals surface area contributed by atoms with E-state index in [1.807, 2.05) is 4.90 Å². The minimum Gasteiger partial charge on any atom is -0.367 e. The number of rotatable bonds is 12. The molecule has 114 valence electrons. The number of ether oxygens (including phenoxy) is 1. The fraction of sp³-hybridized carbons (Fsp3) is 0.933. The van der Waals surface area contributed by atoms with Crippen LogP contribution in [0.25, 0.3) is 0 Å². The maximum Gasteiger partial charge on any atom is 0.166 e. The van der Waals surface area contributed by atoms with Gasteiger partial charge < -0.3 is 9.84 Å². The first-order valence-electron chi connectivity index (χ1n) is 7.38. The van der Waals surface area contributed by atoms with Crippen LogP contribution in [0, 0.1) is 5.92 Å². The second-order valence-corrected chi connectivity index (χ2v) is 5.72. The largest absolute Gasteiger partial charge is 0.367 e. The van der Waals surface area contributed by atoms with E-state index in [0.29, 0.717) is 13.1 Å². The molecule has 1 unspecified atom stereocenters. The van der Waals surface area contributed by atoms with Crippen molar-refractivity contribution in [3.8, 4) is 0 Å². The number of hydrogen-bond acceptors (Lipinski definition) is 4. The Bertz CT molecular complexity index is 231. The number of methoxy groups -OCH3 is 1. The predicted molar refractivity (Wildman–Crippen MR) is 78.1 cm³/mol. The maximum absolute atomic E-state index is 11.2. The number of Topliss-reactive ketones (excluding diaryl/α,β-unsaturated/α-hetero) is 1. The van der Waals surface area contributed by atoms with Crippen LogP contribution >= 0.6 is 0 Å². The number of aliphatic hydroxyl groups excluding tert-OH is 1. The second-order valence-electron chi connectivity index (χ2n) is 5.72. The molecule has 0 bridgehead atoms. The van der Waals surface area contributed by atoms with E-state index in [9.17, 15) is 9.90 Å². The molecule has 0 amide bonds. The van der Waals surface area contributed by atoms with E-state index in [1.165, 1.54) is 32.8 Å². The van der Waals surface area contributed by atoms with Crippen LogP contribution in [0.15, 0.2) is 0 Å². The Morgan fingerprint density at radius 1 is 1.21 bits per heavy atom. The molecule has 0 fully saturated rings. The van der Waals surface area contributed by atoms with Gasteiger partial charge in [-0.15, -0.1) is 0 Å². The zero-order valence-electron chi connectivity index (χ0n) is 13.0. The van der Waals surface area contributed by atoms with Crippen LogP contribution in [-0.4, -0.2) is 48.8 Å². The predicted octanol–water partition coefficient (Wildman–Crippen LogP) is 2.45. The summed E-state index contributed by atoms with van der Waals surface area (Å²) in [6.07, 6.45) is 5.27. The molecule has 19 heavy (non-hydrogen) atoms. The molecule has 0 rings (SSSR count). The minimum absolute atomic E-state index is 0.128. The lowest BCUT2D eigenvalue weighted by Crippen LogP contribution is -2.37. The average molecular weight is 273 g/mol. The third-order valence-electron chi connectivity index (χ3n) is 3.14. The number of carbonyl (C=O) groups excluding carboxylic acids is 1. The first kappa shape index (κ1) is 18.6. The third kappa shape index (κ3) is 12.3. The van der Waals surface area contributed by atoms with Crippen molar-refractivity contribution in [1.82, 2.24) is 4.90 Å². The molecular formula is C15H31NO3.